The van der Waals surface area contributed by atoms with Crippen LogP contribution < -0.4 is 14.2 Å². The van der Waals surface area contributed by atoms with E-state index in [0.29, 0.717) is 28.6 Å². The van der Waals surface area contributed by atoms with Crippen LogP contribution >= 0.6 is 0 Å². The molecule has 1 fully saturated rings. The Labute approximate surface area is 192 Å². The maximum absolute atomic E-state index is 12.9. The highest BCUT2D eigenvalue weighted by molar-refractivity contribution is 7.92. The molecule has 2 aromatic heterocycles. The summed E-state index contributed by atoms with van der Waals surface area (Å²) in [4.78, 5) is 4.22. The molecule has 2 N–H and O–H groups in total. The second kappa shape index (κ2) is 9.36. The summed E-state index contributed by atoms with van der Waals surface area (Å²) in [5.74, 6) is 0.760. The zero-order valence-corrected chi connectivity index (χ0v) is 19.5. The van der Waals surface area contributed by atoms with Crippen molar-refractivity contribution in [2.45, 2.75) is 32.3 Å². The van der Waals surface area contributed by atoms with Gasteiger partial charge in [0.2, 0.25) is 16.0 Å². The summed E-state index contributed by atoms with van der Waals surface area (Å²) >= 11 is 0. The monoisotopic (exact) mass is 473 g/mol. The average molecular weight is 474 g/mol. The van der Waals surface area contributed by atoms with Crippen molar-refractivity contribution in [3.05, 3.63) is 42.2 Å². The second-order valence-electron chi connectivity index (χ2n) is 8.09. The minimum absolute atomic E-state index is 0.00249. The Morgan fingerprint density at radius 1 is 1.18 bits per heavy atom. The van der Waals surface area contributed by atoms with E-state index >= 15 is 0 Å². The standard InChI is InChI=1S/C22H27N5O5S/c1-14-10-16(12-23-11-14)21-24-25-22(26-33(29,30)13-17(28)15-6-4-7-15)27(21)20-18(31-2)8-5-9-19(20)32-3/h5,8-12,15,17,28H,4,6-7,13H2,1-3H3,(H,25,26)/t17-/m0/s1. The summed E-state index contributed by atoms with van der Waals surface area (Å²) in [5, 5.41) is 18.7. The lowest BCUT2D eigenvalue weighted by atomic mass is 9.82. The van der Waals surface area contributed by atoms with Crippen LogP contribution in [0.25, 0.3) is 17.1 Å². The van der Waals surface area contributed by atoms with Gasteiger partial charge in [-0.15, -0.1) is 10.2 Å². The lowest BCUT2D eigenvalue weighted by Gasteiger charge is -2.30. The molecule has 1 saturated carbocycles. The number of anilines is 1. The van der Waals surface area contributed by atoms with E-state index in [-0.39, 0.29) is 11.9 Å². The number of pyridine rings is 1. The molecule has 33 heavy (non-hydrogen) atoms. The van der Waals surface area contributed by atoms with Crippen LogP contribution in [0.4, 0.5) is 5.95 Å². The predicted molar refractivity (Wildman–Crippen MR) is 123 cm³/mol. The SMILES string of the molecule is COc1cccc(OC)c1-n1c(NS(=O)(=O)C[C@H](O)C2CCC2)nnc1-c1cncc(C)c1. The summed E-state index contributed by atoms with van der Waals surface area (Å²) < 4.78 is 40.9. The number of methoxy groups -OCH3 is 2. The molecule has 0 saturated heterocycles. The average Bonchev–Trinajstić information content (AvgIpc) is 3.13. The molecule has 176 valence electrons. The van der Waals surface area contributed by atoms with Gasteiger partial charge < -0.3 is 14.6 Å². The van der Waals surface area contributed by atoms with Gasteiger partial charge in [0, 0.05) is 18.0 Å². The van der Waals surface area contributed by atoms with Crippen LogP contribution in [0.1, 0.15) is 24.8 Å². The molecular formula is C22H27N5O5S. The Kier molecular flexibility index (Phi) is 6.52. The Morgan fingerprint density at radius 2 is 1.88 bits per heavy atom. The molecule has 0 amide bonds. The third-order valence-corrected chi connectivity index (χ3v) is 7.03. The van der Waals surface area contributed by atoms with Gasteiger partial charge in [0.15, 0.2) is 5.82 Å². The van der Waals surface area contributed by atoms with E-state index < -0.39 is 21.9 Å². The zero-order valence-electron chi connectivity index (χ0n) is 18.7. The normalized spacial score (nSPS) is 15.0. The van der Waals surface area contributed by atoms with Crippen LogP contribution in [0.3, 0.4) is 0 Å². The molecule has 0 aliphatic heterocycles. The predicted octanol–water partition coefficient (Wildman–Crippen LogP) is 2.56. The van der Waals surface area contributed by atoms with Crippen LogP contribution in [-0.2, 0) is 10.0 Å². The highest BCUT2D eigenvalue weighted by atomic mass is 32.2. The molecule has 11 heteroatoms. The van der Waals surface area contributed by atoms with Gasteiger partial charge in [0.05, 0.1) is 26.1 Å². The minimum Gasteiger partial charge on any atom is -0.494 e. The fraction of sp³-hybridized carbons (Fsp3) is 0.409. The molecule has 1 aliphatic carbocycles. The van der Waals surface area contributed by atoms with E-state index in [1.165, 1.54) is 18.8 Å². The summed E-state index contributed by atoms with van der Waals surface area (Å²) in [6.07, 6.45) is 5.05. The molecule has 1 atom stereocenters. The number of hydrogen-bond donors (Lipinski definition) is 2. The van der Waals surface area contributed by atoms with Gasteiger partial charge in [-0.3, -0.25) is 14.3 Å². The number of sulfonamides is 1. The van der Waals surface area contributed by atoms with Crippen LogP contribution in [0.15, 0.2) is 36.7 Å². The molecule has 10 nitrogen and oxygen atoms in total. The van der Waals surface area contributed by atoms with Crippen molar-refractivity contribution in [2.75, 3.05) is 24.7 Å². The molecule has 4 rings (SSSR count). The molecule has 0 bridgehead atoms. The molecule has 0 unspecified atom stereocenters. The number of rotatable bonds is 9. The van der Waals surface area contributed by atoms with Crippen molar-refractivity contribution in [2.24, 2.45) is 5.92 Å². The third-order valence-electron chi connectivity index (χ3n) is 5.75. The van der Waals surface area contributed by atoms with E-state index in [2.05, 4.69) is 19.9 Å². The first kappa shape index (κ1) is 23.0. The van der Waals surface area contributed by atoms with Crippen molar-refractivity contribution in [3.8, 4) is 28.6 Å². The van der Waals surface area contributed by atoms with Crippen LogP contribution in [-0.4, -0.2) is 59.3 Å². The van der Waals surface area contributed by atoms with E-state index in [1.54, 1.807) is 30.6 Å². The first-order chi connectivity index (χ1) is 15.8. The van der Waals surface area contributed by atoms with Crippen LogP contribution in [0, 0.1) is 12.8 Å². The highest BCUT2D eigenvalue weighted by Gasteiger charge is 2.31. The van der Waals surface area contributed by atoms with Gasteiger partial charge in [-0.1, -0.05) is 12.5 Å². The third kappa shape index (κ3) is 4.79. The quantitative estimate of drug-likeness (QED) is 0.485. The number of aromatic nitrogens is 4. The smallest absolute Gasteiger partial charge is 0.243 e. The number of nitrogens with one attached hydrogen (secondary N) is 1. The summed E-state index contributed by atoms with van der Waals surface area (Å²) in [6, 6.07) is 7.09. The molecule has 2 heterocycles. The molecular weight excluding hydrogens is 446 g/mol. The van der Waals surface area contributed by atoms with Crippen molar-refractivity contribution in [3.63, 3.8) is 0 Å². The van der Waals surface area contributed by atoms with Gasteiger partial charge in [-0.2, -0.15) is 0 Å². The number of nitrogens with zero attached hydrogens (tertiary/aromatic N) is 4. The molecule has 3 aromatic rings. The first-order valence-corrected chi connectivity index (χ1v) is 12.3. The number of aliphatic hydroxyl groups excluding tert-OH is 1. The summed E-state index contributed by atoms with van der Waals surface area (Å²) in [6.45, 7) is 1.90. The number of ether oxygens (including phenoxy) is 2. The summed E-state index contributed by atoms with van der Waals surface area (Å²) in [7, 11) is -0.904. The zero-order chi connectivity index (χ0) is 23.6. The van der Waals surface area contributed by atoms with Gasteiger partial charge in [0.1, 0.15) is 17.2 Å². The highest BCUT2D eigenvalue weighted by Crippen LogP contribution is 2.38. The summed E-state index contributed by atoms with van der Waals surface area (Å²) in [5.41, 5.74) is 1.97. The minimum atomic E-state index is -3.92. The number of aliphatic hydroxyl groups is 1. The topological polar surface area (TPSA) is 128 Å². The Hall–Kier alpha value is -3.18. The lowest BCUT2D eigenvalue weighted by Crippen LogP contribution is -2.35. The van der Waals surface area contributed by atoms with Crippen molar-refractivity contribution >= 4 is 16.0 Å². The Morgan fingerprint density at radius 3 is 2.45 bits per heavy atom. The largest absolute Gasteiger partial charge is 0.494 e. The van der Waals surface area contributed by atoms with E-state index in [0.717, 1.165) is 24.8 Å². The number of hydrogen-bond acceptors (Lipinski definition) is 8. The van der Waals surface area contributed by atoms with Crippen LogP contribution in [0.2, 0.25) is 0 Å². The first-order valence-electron chi connectivity index (χ1n) is 10.6. The van der Waals surface area contributed by atoms with Crippen molar-refractivity contribution < 1.29 is 23.0 Å². The fourth-order valence-electron chi connectivity index (χ4n) is 3.84. The maximum Gasteiger partial charge on any atom is 0.243 e. The second-order valence-corrected chi connectivity index (χ2v) is 9.85. The van der Waals surface area contributed by atoms with Gasteiger partial charge in [0.25, 0.3) is 0 Å². The van der Waals surface area contributed by atoms with Crippen LogP contribution in [0.5, 0.6) is 11.5 Å². The van der Waals surface area contributed by atoms with Crippen molar-refractivity contribution in [1.82, 2.24) is 19.7 Å². The molecule has 1 aromatic carbocycles. The Bertz CT molecular complexity index is 1220. The lowest BCUT2D eigenvalue weighted by molar-refractivity contribution is 0.0804. The van der Waals surface area contributed by atoms with Crippen molar-refractivity contribution in [1.29, 1.82) is 0 Å². The van der Waals surface area contributed by atoms with E-state index in [9.17, 15) is 13.5 Å². The van der Waals surface area contributed by atoms with E-state index in [4.69, 9.17) is 9.47 Å². The van der Waals surface area contributed by atoms with Gasteiger partial charge in [-0.05, 0) is 49.4 Å². The number of aryl methyl sites for hydroxylation is 1. The number of para-hydroxylation sites is 1. The van der Waals surface area contributed by atoms with Gasteiger partial charge >= 0.3 is 0 Å². The maximum atomic E-state index is 12.9. The fourth-order valence-corrected chi connectivity index (χ4v) is 5.06. The molecule has 1 aliphatic rings. The molecule has 0 spiro atoms. The Balaban J connectivity index is 1.82. The van der Waals surface area contributed by atoms with Gasteiger partial charge in [-0.25, -0.2) is 8.42 Å². The molecule has 0 radical (unpaired) electrons. The number of benzene rings is 1. The van der Waals surface area contributed by atoms with E-state index in [1.807, 2.05) is 13.0 Å².